The van der Waals surface area contributed by atoms with Gasteiger partial charge < -0.3 is 4.74 Å². The lowest BCUT2D eigenvalue weighted by Crippen LogP contribution is -2.28. The zero-order valence-corrected chi connectivity index (χ0v) is 11.9. The molecule has 7 heteroatoms. The highest BCUT2D eigenvalue weighted by molar-refractivity contribution is 7.19. The number of carbonyl (C=O) groups excluding carboxylic acids is 1. The van der Waals surface area contributed by atoms with E-state index in [1.165, 1.54) is 12.0 Å². The molecule has 0 amide bonds. The molecule has 0 saturated heterocycles. The van der Waals surface area contributed by atoms with Crippen molar-refractivity contribution in [1.82, 2.24) is 14.2 Å². The smallest absolute Gasteiger partial charge is 0.327 e. The monoisotopic (exact) mass is 291 g/mol. The summed E-state index contributed by atoms with van der Waals surface area (Å²) < 4.78 is 8.49. The van der Waals surface area contributed by atoms with E-state index in [4.69, 9.17) is 0 Å². The van der Waals surface area contributed by atoms with Crippen LogP contribution in [-0.2, 0) is 22.5 Å². The molecule has 0 spiro atoms. The third kappa shape index (κ3) is 1.90. The zero-order valence-electron chi connectivity index (χ0n) is 11.1. The van der Waals surface area contributed by atoms with E-state index < -0.39 is 5.97 Å². The number of hydrogen-bond donors (Lipinski definition) is 0. The van der Waals surface area contributed by atoms with Gasteiger partial charge in [-0.05, 0) is 18.6 Å². The molecule has 0 radical (unpaired) electrons. The fourth-order valence-corrected chi connectivity index (χ4v) is 3.15. The molecule has 0 aromatic carbocycles. The first-order valence-corrected chi connectivity index (χ1v) is 7.02. The van der Waals surface area contributed by atoms with E-state index in [0.717, 1.165) is 21.3 Å². The summed E-state index contributed by atoms with van der Waals surface area (Å²) in [4.78, 5) is 24.8. The maximum atomic E-state index is 12.3. The van der Waals surface area contributed by atoms with Gasteiger partial charge in [0.25, 0.3) is 5.56 Å². The number of rotatable bonds is 3. The minimum atomic E-state index is -0.495. The van der Waals surface area contributed by atoms with Gasteiger partial charge in [0, 0.05) is 4.88 Å². The van der Waals surface area contributed by atoms with Crippen LogP contribution in [0.25, 0.3) is 15.7 Å². The van der Waals surface area contributed by atoms with Crippen molar-refractivity contribution < 1.29 is 9.53 Å². The van der Waals surface area contributed by atoms with E-state index in [1.807, 2.05) is 6.07 Å². The van der Waals surface area contributed by atoms with Gasteiger partial charge >= 0.3 is 5.97 Å². The first-order valence-electron chi connectivity index (χ1n) is 6.20. The summed E-state index contributed by atoms with van der Waals surface area (Å²) in [5.74, 6) is -0.495. The molecule has 104 valence electrons. The van der Waals surface area contributed by atoms with Crippen LogP contribution in [0, 0.1) is 0 Å². The number of esters is 1. The van der Waals surface area contributed by atoms with Crippen molar-refractivity contribution in [3.8, 4) is 0 Å². The highest BCUT2D eigenvalue weighted by atomic mass is 32.1. The van der Waals surface area contributed by atoms with Crippen LogP contribution in [0.5, 0.6) is 0 Å². The van der Waals surface area contributed by atoms with Gasteiger partial charge in [-0.3, -0.25) is 14.0 Å². The molecule has 0 bridgehead atoms. The van der Waals surface area contributed by atoms with Gasteiger partial charge in [-0.1, -0.05) is 6.92 Å². The predicted molar refractivity (Wildman–Crippen MR) is 76.2 cm³/mol. The standard InChI is InChI=1S/C13H13N3O3S/c1-3-8-4-9-11(20-8)5-10-13(18)16(6-12(17)19-2)14-7-15(9)10/h4-5,7H,3,6H2,1-2H3. The van der Waals surface area contributed by atoms with E-state index in [2.05, 4.69) is 22.8 Å². The summed E-state index contributed by atoms with van der Waals surface area (Å²) >= 11 is 1.67. The Kier molecular flexibility index (Phi) is 3.06. The topological polar surface area (TPSA) is 65.6 Å². The number of ether oxygens (including phenoxy) is 1. The van der Waals surface area contributed by atoms with Gasteiger partial charge in [0.05, 0.1) is 17.3 Å². The Morgan fingerprint density at radius 2 is 2.20 bits per heavy atom. The molecule has 3 aromatic rings. The third-order valence-electron chi connectivity index (χ3n) is 3.19. The largest absolute Gasteiger partial charge is 0.468 e. The lowest BCUT2D eigenvalue weighted by Gasteiger charge is -2.03. The third-order valence-corrected chi connectivity index (χ3v) is 4.41. The Labute approximate surface area is 118 Å². The van der Waals surface area contributed by atoms with Crippen molar-refractivity contribution in [3.05, 3.63) is 33.7 Å². The van der Waals surface area contributed by atoms with Gasteiger partial charge in [-0.25, -0.2) is 4.68 Å². The van der Waals surface area contributed by atoms with Crippen molar-refractivity contribution in [3.63, 3.8) is 0 Å². The molecule has 0 saturated carbocycles. The van der Waals surface area contributed by atoms with Crippen LogP contribution in [0.3, 0.4) is 0 Å². The van der Waals surface area contributed by atoms with Gasteiger partial charge in [-0.2, -0.15) is 5.10 Å². The molecule has 0 N–H and O–H groups in total. The number of hydrogen-bond acceptors (Lipinski definition) is 5. The highest BCUT2D eigenvalue weighted by Crippen LogP contribution is 2.27. The summed E-state index contributed by atoms with van der Waals surface area (Å²) in [6, 6.07) is 3.91. The summed E-state index contributed by atoms with van der Waals surface area (Å²) in [5.41, 5.74) is 1.21. The van der Waals surface area contributed by atoms with Crippen LogP contribution in [-0.4, -0.2) is 27.3 Å². The molecule has 0 unspecified atom stereocenters. The molecule has 3 rings (SSSR count). The molecule has 0 aliphatic rings. The number of aromatic nitrogens is 3. The van der Waals surface area contributed by atoms with Crippen molar-refractivity contribution in [1.29, 1.82) is 0 Å². The number of nitrogens with zero attached hydrogens (tertiary/aromatic N) is 3. The lowest BCUT2D eigenvalue weighted by molar-refractivity contribution is -0.141. The Morgan fingerprint density at radius 3 is 2.90 bits per heavy atom. The van der Waals surface area contributed by atoms with Crippen molar-refractivity contribution >= 4 is 33.0 Å². The number of aryl methyl sites for hydroxylation is 1. The Hall–Kier alpha value is -2.15. The second kappa shape index (κ2) is 4.75. The molecule has 6 nitrogen and oxygen atoms in total. The van der Waals surface area contributed by atoms with Crippen molar-refractivity contribution in [2.45, 2.75) is 19.9 Å². The molecule has 0 aliphatic carbocycles. The summed E-state index contributed by atoms with van der Waals surface area (Å²) in [5, 5.41) is 4.02. The zero-order chi connectivity index (χ0) is 14.3. The second-order valence-corrected chi connectivity index (χ2v) is 5.55. The number of thiophene rings is 1. The van der Waals surface area contributed by atoms with Gasteiger partial charge in [0.2, 0.25) is 0 Å². The number of fused-ring (bicyclic) bond motifs is 3. The fourth-order valence-electron chi connectivity index (χ4n) is 2.12. The van der Waals surface area contributed by atoms with Crippen molar-refractivity contribution in [2.24, 2.45) is 0 Å². The van der Waals surface area contributed by atoms with Crippen LogP contribution >= 0.6 is 11.3 Å². The van der Waals surface area contributed by atoms with Crippen LogP contribution in [0.15, 0.2) is 23.3 Å². The summed E-state index contributed by atoms with van der Waals surface area (Å²) in [6.07, 6.45) is 2.53. The predicted octanol–water partition coefficient (Wildman–Crippen LogP) is 1.45. The Balaban J connectivity index is 2.18. The molecular weight excluding hydrogens is 278 g/mol. The number of carbonyl (C=O) groups is 1. The molecule has 0 aliphatic heterocycles. The second-order valence-electron chi connectivity index (χ2n) is 4.39. The van der Waals surface area contributed by atoms with Crippen molar-refractivity contribution in [2.75, 3.05) is 7.11 Å². The van der Waals surface area contributed by atoms with E-state index in [1.54, 1.807) is 22.1 Å². The normalized spacial score (nSPS) is 11.3. The van der Waals surface area contributed by atoms with Gasteiger partial charge in [-0.15, -0.1) is 11.3 Å². The minimum absolute atomic E-state index is 0.176. The maximum Gasteiger partial charge on any atom is 0.327 e. The van der Waals surface area contributed by atoms with Crippen LogP contribution < -0.4 is 5.56 Å². The number of methoxy groups -OCH3 is 1. The summed E-state index contributed by atoms with van der Waals surface area (Å²) in [7, 11) is 1.28. The van der Waals surface area contributed by atoms with E-state index in [0.29, 0.717) is 5.52 Å². The molecule has 20 heavy (non-hydrogen) atoms. The first kappa shape index (κ1) is 12.9. The SMILES string of the molecule is CCc1cc2c(cc3c(=O)n(CC(=O)OC)ncn32)s1. The van der Waals surface area contributed by atoms with Crippen LogP contribution in [0.4, 0.5) is 0 Å². The van der Waals surface area contributed by atoms with Crippen LogP contribution in [0.1, 0.15) is 11.8 Å². The first-order chi connectivity index (χ1) is 9.63. The minimum Gasteiger partial charge on any atom is -0.468 e. The molecule has 0 atom stereocenters. The fraction of sp³-hybridized carbons (Fsp3) is 0.308. The highest BCUT2D eigenvalue weighted by Gasteiger charge is 2.13. The Bertz CT molecular complexity index is 859. The van der Waals surface area contributed by atoms with Gasteiger partial charge in [0.1, 0.15) is 18.4 Å². The van der Waals surface area contributed by atoms with E-state index in [9.17, 15) is 9.59 Å². The van der Waals surface area contributed by atoms with E-state index in [-0.39, 0.29) is 12.1 Å². The molecular formula is C13H13N3O3S. The van der Waals surface area contributed by atoms with Crippen LogP contribution in [0.2, 0.25) is 0 Å². The lowest BCUT2D eigenvalue weighted by atomic mass is 10.3. The molecule has 3 heterocycles. The summed E-state index contributed by atoms with van der Waals surface area (Å²) in [6.45, 7) is 1.92. The average Bonchev–Trinajstić information content (AvgIpc) is 2.99. The van der Waals surface area contributed by atoms with E-state index >= 15 is 0 Å². The molecule has 3 aromatic heterocycles. The quantitative estimate of drug-likeness (QED) is 0.685. The molecule has 0 fully saturated rings. The average molecular weight is 291 g/mol. The van der Waals surface area contributed by atoms with Gasteiger partial charge in [0.15, 0.2) is 0 Å². The Morgan fingerprint density at radius 1 is 1.40 bits per heavy atom. The maximum absolute atomic E-state index is 12.3.